The Morgan fingerprint density at radius 1 is 1.06 bits per heavy atom. The molecule has 0 bridgehead atoms. The molecule has 1 aliphatic rings. The summed E-state index contributed by atoms with van der Waals surface area (Å²) in [7, 11) is 0. The van der Waals surface area contributed by atoms with E-state index in [1.165, 1.54) is 0 Å². The highest BCUT2D eigenvalue weighted by atomic mass is 16.6. The zero-order valence-electron chi connectivity index (χ0n) is 18.3. The number of aliphatic carboxylic acids is 1. The van der Waals surface area contributed by atoms with Crippen molar-refractivity contribution in [3.05, 3.63) is 47.7 Å². The first-order valence-electron chi connectivity index (χ1n) is 10.5. The maximum atomic E-state index is 12.0. The van der Waals surface area contributed by atoms with Crippen molar-refractivity contribution >= 4 is 18.2 Å². The number of carboxylic acids is 1. The minimum absolute atomic E-state index is 0.0401. The predicted octanol–water partition coefficient (Wildman–Crippen LogP) is 4.21. The van der Waals surface area contributed by atoms with Gasteiger partial charge in [-0.25, -0.2) is 14.4 Å². The Bertz CT molecular complexity index is 777. The molecule has 31 heavy (non-hydrogen) atoms. The SMILES string of the molecule is CC(C)(C)OC(=O)NCC1CCC(/C=C(/NC(=O)OCc2ccccc2)C(=O)O)CC1. The fourth-order valence-corrected chi connectivity index (χ4v) is 3.37. The number of ether oxygens (including phenoxy) is 2. The van der Waals surface area contributed by atoms with Gasteiger partial charge in [0, 0.05) is 6.54 Å². The molecule has 1 saturated carbocycles. The van der Waals surface area contributed by atoms with Gasteiger partial charge in [0.1, 0.15) is 17.9 Å². The topological polar surface area (TPSA) is 114 Å². The standard InChI is InChI=1S/C23H32N2O6/c1-23(2,3)31-21(28)24-14-17-11-9-16(10-12-17)13-19(20(26)27)25-22(29)30-15-18-7-5-4-6-8-18/h4-8,13,16-17H,9-12,14-15H2,1-3H3,(H,24,28)(H,25,29)(H,26,27)/b19-13+. The molecule has 1 aromatic rings. The van der Waals surface area contributed by atoms with Crippen molar-refractivity contribution in [3.63, 3.8) is 0 Å². The number of amides is 2. The van der Waals surface area contributed by atoms with Crippen LogP contribution in [0.5, 0.6) is 0 Å². The largest absolute Gasteiger partial charge is 0.477 e. The lowest BCUT2D eigenvalue weighted by Gasteiger charge is -2.28. The van der Waals surface area contributed by atoms with Crippen molar-refractivity contribution in [2.75, 3.05) is 6.54 Å². The van der Waals surface area contributed by atoms with Crippen LogP contribution in [0.2, 0.25) is 0 Å². The first-order valence-corrected chi connectivity index (χ1v) is 10.5. The van der Waals surface area contributed by atoms with Crippen molar-refractivity contribution in [1.82, 2.24) is 10.6 Å². The van der Waals surface area contributed by atoms with E-state index in [1.807, 2.05) is 51.1 Å². The van der Waals surface area contributed by atoms with E-state index in [9.17, 15) is 19.5 Å². The van der Waals surface area contributed by atoms with Crippen LogP contribution >= 0.6 is 0 Å². The van der Waals surface area contributed by atoms with Crippen molar-refractivity contribution in [2.24, 2.45) is 11.8 Å². The van der Waals surface area contributed by atoms with Crippen LogP contribution in [0.25, 0.3) is 0 Å². The summed E-state index contributed by atoms with van der Waals surface area (Å²) < 4.78 is 10.3. The Labute approximate surface area is 183 Å². The van der Waals surface area contributed by atoms with Gasteiger partial charge in [-0.1, -0.05) is 36.4 Å². The van der Waals surface area contributed by atoms with Gasteiger partial charge in [-0.3, -0.25) is 5.32 Å². The van der Waals surface area contributed by atoms with E-state index in [0.29, 0.717) is 12.5 Å². The van der Waals surface area contributed by atoms with E-state index in [4.69, 9.17) is 9.47 Å². The zero-order valence-corrected chi connectivity index (χ0v) is 18.3. The van der Waals surface area contributed by atoms with E-state index in [0.717, 1.165) is 31.2 Å². The van der Waals surface area contributed by atoms with Gasteiger partial charge in [0.25, 0.3) is 0 Å². The monoisotopic (exact) mass is 432 g/mol. The number of carboxylic acid groups (broad SMARTS) is 1. The van der Waals surface area contributed by atoms with Gasteiger partial charge in [0.05, 0.1) is 0 Å². The molecule has 0 unspecified atom stereocenters. The summed E-state index contributed by atoms with van der Waals surface area (Å²) in [6, 6.07) is 9.16. The van der Waals surface area contributed by atoms with E-state index in [2.05, 4.69) is 10.6 Å². The van der Waals surface area contributed by atoms with Crippen LogP contribution in [0.4, 0.5) is 9.59 Å². The third kappa shape index (κ3) is 9.55. The third-order valence-corrected chi connectivity index (χ3v) is 4.91. The highest BCUT2D eigenvalue weighted by molar-refractivity contribution is 5.90. The summed E-state index contributed by atoms with van der Waals surface area (Å²) in [6.45, 7) is 6.04. The number of hydrogen-bond donors (Lipinski definition) is 3. The van der Waals surface area contributed by atoms with E-state index >= 15 is 0 Å². The molecular weight excluding hydrogens is 400 g/mol. The number of rotatable bonds is 7. The van der Waals surface area contributed by atoms with Crippen molar-refractivity contribution in [1.29, 1.82) is 0 Å². The Morgan fingerprint density at radius 2 is 1.71 bits per heavy atom. The van der Waals surface area contributed by atoms with Crippen LogP contribution in [0, 0.1) is 11.8 Å². The number of alkyl carbamates (subject to hydrolysis) is 2. The fourth-order valence-electron chi connectivity index (χ4n) is 3.37. The number of nitrogens with one attached hydrogen (secondary N) is 2. The molecule has 170 valence electrons. The summed E-state index contributed by atoms with van der Waals surface area (Å²) in [5, 5.41) is 14.6. The maximum Gasteiger partial charge on any atom is 0.412 e. The van der Waals surface area contributed by atoms with Crippen molar-refractivity contribution < 1.29 is 29.0 Å². The number of carbonyl (C=O) groups excluding carboxylic acids is 2. The first kappa shape index (κ1) is 24.2. The van der Waals surface area contributed by atoms with Crippen molar-refractivity contribution in [2.45, 2.75) is 58.7 Å². The average Bonchev–Trinajstić information content (AvgIpc) is 2.70. The minimum Gasteiger partial charge on any atom is -0.477 e. The maximum absolute atomic E-state index is 12.0. The van der Waals surface area contributed by atoms with Crippen LogP contribution in [0.3, 0.4) is 0 Å². The quantitative estimate of drug-likeness (QED) is 0.556. The normalized spacial score (nSPS) is 19.3. The Balaban J connectivity index is 1.78. The molecule has 0 spiro atoms. The molecule has 0 heterocycles. The first-order chi connectivity index (χ1) is 14.6. The third-order valence-electron chi connectivity index (χ3n) is 4.91. The highest BCUT2D eigenvalue weighted by Crippen LogP contribution is 2.30. The molecule has 8 heteroatoms. The molecule has 3 N–H and O–H groups in total. The Hall–Kier alpha value is -3.03. The van der Waals surface area contributed by atoms with Crippen LogP contribution in [0.15, 0.2) is 42.1 Å². The lowest BCUT2D eigenvalue weighted by Crippen LogP contribution is -2.36. The highest BCUT2D eigenvalue weighted by Gasteiger charge is 2.24. The van der Waals surface area contributed by atoms with Gasteiger partial charge in [-0.05, 0) is 63.9 Å². The molecule has 1 aromatic carbocycles. The van der Waals surface area contributed by atoms with Crippen LogP contribution < -0.4 is 10.6 Å². The molecule has 8 nitrogen and oxygen atoms in total. The minimum atomic E-state index is -1.20. The second-order valence-corrected chi connectivity index (χ2v) is 8.74. The smallest absolute Gasteiger partial charge is 0.412 e. The average molecular weight is 433 g/mol. The van der Waals surface area contributed by atoms with Gasteiger partial charge >= 0.3 is 18.2 Å². The van der Waals surface area contributed by atoms with Gasteiger partial charge < -0.3 is 19.9 Å². The van der Waals surface area contributed by atoms with E-state index in [1.54, 1.807) is 6.08 Å². The molecule has 1 fully saturated rings. The van der Waals surface area contributed by atoms with E-state index in [-0.39, 0.29) is 18.2 Å². The molecule has 0 atom stereocenters. The second kappa shape index (κ2) is 11.4. The second-order valence-electron chi connectivity index (χ2n) is 8.74. The van der Waals surface area contributed by atoms with Gasteiger partial charge in [-0.2, -0.15) is 0 Å². The lowest BCUT2D eigenvalue weighted by atomic mass is 9.81. The van der Waals surface area contributed by atoms with Gasteiger partial charge in [0.15, 0.2) is 0 Å². The molecule has 1 aliphatic carbocycles. The van der Waals surface area contributed by atoms with Gasteiger partial charge in [-0.15, -0.1) is 0 Å². The number of hydrogen-bond acceptors (Lipinski definition) is 5. The van der Waals surface area contributed by atoms with Gasteiger partial charge in [0.2, 0.25) is 0 Å². The summed E-state index contributed by atoms with van der Waals surface area (Å²) in [4.78, 5) is 35.3. The van der Waals surface area contributed by atoms with Crippen LogP contribution in [-0.2, 0) is 20.9 Å². The Morgan fingerprint density at radius 3 is 2.29 bits per heavy atom. The molecule has 0 aromatic heterocycles. The van der Waals surface area contributed by atoms with Crippen molar-refractivity contribution in [3.8, 4) is 0 Å². The zero-order chi connectivity index (χ0) is 22.9. The summed E-state index contributed by atoms with van der Waals surface area (Å²) in [5.74, 6) is -0.849. The molecule has 0 saturated heterocycles. The summed E-state index contributed by atoms with van der Waals surface area (Å²) >= 11 is 0. The molecule has 2 rings (SSSR count). The molecule has 0 radical (unpaired) electrons. The number of allylic oxidation sites excluding steroid dienone is 1. The number of carbonyl (C=O) groups is 3. The molecule has 2 amide bonds. The van der Waals surface area contributed by atoms with Crippen LogP contribution in [0.1, 0.15) is 52.0 Å². The van der Waals surface area contributed by atoms with Crippen LogP contribution in [-0.4, -0.2) is 35.4 Å². The predicted molar refractivity (Wildman–Crippen MR) is 115 cm³/mol. The summed E-state index contributed by atoms with van der Waals surface area (Å²) in [5.41, 5.74) is 0.111. The lowest BCUT2D eigenvalue weighted by molar-refractivity contribution is -0.133. The molecular formula is C23H32N2O6. The number of benzene rings is 1. The summed E-state index contributed by atoms with van der Waals surface area (Å²) in [6.07, 6.45) is 3.61. The fraction of sp³-hybridized carbons (Fsp3) is 0.522. The van der Waals surface area contributed by atoms with E-state index < -0.39 is 23.8 Å². The Kier molecular flexibility index (Phi) is 8.90. The molecule has 0 aliphatic heterocycles.